The van der Waals surface area contributed by atoms with Gasteiger partial charge in [-0.15, -0.1) is 0 Å². The first-order valence-electron chi connectivity index (χ1n) is 7.01. The molecule has 5 heteroatoms. The second-order valence-electron chi connectivity index (χ2n) is 4.44. The SMILES string of the molecule is C=CC(=O)Oc1ccc(C(=O)Oc2ccc(OCC)cc2)cc1. The van der Waals surface area contributed by atoms with Crippen LogP contribution in [0.4, 0.5) is 0 Å². The molecular formula is C18H16O5. The van der Waals surface area contributed by atoms with Crippen molar-refractivity contribution < 1.29 is 23.8 Å². The summed E-state index contributed by atoms with van der Waals surface area (Å²) in [4.78, 5) is 23.1. The molecule has 0 aliphatic rings. The second kappa shape index (κ2) is 7.79. The van der Waals surface area contributed by atoms with E-state index in [1.807, 2.05) is 6.92 Å². The quantitative estimate of drug-likeness (QED) is 0.465. The zero-order chi connectivity index (χ0) is 16.7. The molecule has 0 saturated carbocycles. The third-order valence-electron chi connectivity index (χ3n) is 2.82. The number of hydrogen-bond donors (Lipinski definition) is 0. The van der Waals surface area contributed by atoms with E-state index in [0.29, 0.717) is 29.4 Å². The molecule has 23 heavy (non-hydrogen) atoms. The average molecular weight is 312 g/mol. The molecule has 0 unspecified atom stereocenters. The van der Waals surface area contributed by atoms with Crippen LogP contribution in [-0.4, -0.2) is 18.5 Å². The van der Waals surface area contributed by atoms with Crippen molar-refractivity contribution >= 4 is 11.9 Å². The van der Waals surface area contributed by atoms with Gasteiger partial charge in [-0.1, -0.05) is 6.58 Å². The molecular weight excluding hydrogens is 296 g/mol. The van der Waals surface area contributed by atoms with Crippen molar-refractivity contribution in [2.24, 2.45) is 0 Å². The summed E-state index contributed by atoms with van der Waals surface area (Å²) in [6, 6.07) is 12.8. The van der Waals surface area contributed by atoms with Crippen LogP contribution in [0.25, 0.3) is 0 Å². The average Bonchev–Trinajstić information content (AvgIpc) is 2.57. The van der Waals surface area contributed by atoms with Gasteiger partial charge < -0.3 is 14.2 Å². The normalized spacial score (nSPS) is 9.78. The lowest BCUT2D eigenvalue weighted by atomic mass is 10.2. The highest BCUT2D eigenvalue weighted by molar-refractivity contribution is 5.91. The Morgan fingerprint density at radius 1 is 0.913 bits per heavy atom. The Morgan fingerprint density at radius 3 is 2.00 bits per heavy atom. The zero-order valence-electron chi connectivity index (χ0n) is 12.7. The summed E-state index contributed by atoms with van der Waals surface area (Å²) in [6.07, 6.45) is 1.06. The Hall–Kier alpha value is -3.08. The van der Waals surface area contributed by atoms with Gasteiger partial charge in [0.15, 0.2) is 0 Å². The minimum Gasteiger partial charge on any atom is -0.494 e. The number of ether oxygens (including phenoxy) is 3. The van der Waals surface area contributed by atoms with Crippen LogP contribution in [0.2, 0.25) is 0 Å². The summed E-state index contributed by atoms with van der Waals surface area (Å²) < 4.78 is 15.5. The predicted octanol–water partition coefficient (Wildman–Crippen LogP) is 3.40. The lowest BCUT2D eigenvalue weighted by Crippen LogP contribution is -2.09. The van der Waals surface area contributed by atoms with Gasteiger partial charge in [-0.25, -0.2) is 9.59 Å². The first kappa shape index (κ1) is 16.3. The Labute approximate surface area is 134 Å². The number of carbonyl (C=O) groups is 2. The van der Waals surface area contributed by atoms with E-state index in [1.54, 1.807) is 24.3 Å². The fraction of sp³-hybridized carbons (Fsp3) is 0.111. The maximum Gasteiger partial charge on any atom is 0.343 e. The fourth-order valence-electron chi connectivity index (χ4n) is 1.75. The van der Waals surface area contributed by atoms with Crippen LogP contribution in [0.5, 0.6) is 17.2 Å². The number of benzene rings is 2. The van der Waals surface area contributed by atoms with Gasteiger partial charge in [-0.05, 0) is 55.5 Å². The molecule has 0 spiro atoms. The standard InChI is InChI=1S/C18H16O5/c1-3-17(19)22-15-7-5-13(6-8-15)18(20)23-16-11-9-14(10-12-16)21-4-2/h3,5-12H,1,4H2,2H3. The Morgan fingerprint density at radius 2 is 1.43 bits per heavy atom. The summed E-state index contributed by atoms with van der Waals surface area (Å²) in [5, 5.41) is 0. The molecule has 0 fully saturated rings. The molecule has 0 amide bonds. The summed E-state index contributed by atoms with van der Waals surface area (Å²) in [5.74, 6) is 0.388. The topological polar surface area (TPSA) is 61.8 Å². The third kappa shape index (κ3) is 4.71. The summed E-state index contributed by atoms with van der Waals surface area (Å²) in [5.41, 5.74) is 0.345. The lowest BCUT2D eigenvalue weighted by Gasteiger charge is -2.07. The van der Waals surface area contributed by atoms with Crippen LogP contribution in [0, 0.1) is 0 Å². The largest absolute Gasteiger partial charge is 0.494 e. The monoisotopic (exact) mass is 312 g/mol. The van der Waals surface area contributed by atoms with Crippen molar-refractivity contribution in [1.29, 1.82) is 0 Å². The van der Waals surface area contributed by atoms with Crippen LogP contribution in [0.15, 0.2) is 61.2 Å². The van der Waals surface area contributed by atoms with E-state index >= 15 is 0 Å². The van der Waals surface area contributed by atoms with Gasteiger partial charge in [-0.3, -0.25) is 0 Å². The van der Waals surface area contributed by atoms with Crippen molar-refractivity contribution in [2.45, 2.75) is 6.92 Å². The molecule has 0 aliphatic heterocycles. The minimum atomic E-state index is -0.560. The molecule has 0 N–H and O–H groups in total. The summed E-state index contributed by atoms with van der Waals surface area (Å²) >= 11 is 0. The number of esters is 2. The maximum absolute atomic E-state index is 12.0. The molecule has 0 saturated heterocycles. The van der Waals surface area contributed by atoms with E-state index in [-0.39, 0.29) is 0 Å². The van der Waals surface area contributed by atoms with Crippen LogP contribution in [0.3, 0.4) is 0 Å². The van der Waals surface area contributed by atoms with Crippen molar-refractivity contribution in [2.75, 3.05) is 6.61 Å². The molecule has 0 aromatic heterocycles. The van der Waals surface area contributed by atoms with Crippen LogP contribution >= 0.6 is 0 Å². The molecule has 2 aromatic carbocycles. The first-order valence-corrected chi connectivity index (χ1v) is 7.01. The summed E-state index contributed by atoms with van der Waals surface area (Å²) in [6.45, 7) is 5.77. The van der Waals surface area contributed by atoms with Gasteiger partial charge in [0.05, 0.1) is 12.2 Å². The van der Waals surface area contributed by atoms with Crippen LogP contribution < -0.4 is 14.2 Å². The van der Waals surface area contributed by atoms with Gasteiger partial charge in [-0.2, -0.15) is 0 Å². The molecule has 0 aliphatic carbocycles. The predicted molar refractivity (Wildman–Crippen MR) is 84.8 cm³/mol. The lowest BCUT2D eigenvalue weighted by molar-refractivity contribution is -0.128. The molecule has 2 aromatic rings. The van der Waals surface area contributed by atoms with Gasteiger partial charge in [0, 0.05) is 6.08 Å². The fourth-order valence-corrected chi connectivity index (χ4v) is 1.75. The summed E-state index contributed by atoms with van der Waals surface area (Å²) in [7, 11) is 0. The van der Waals surface area contributed by atoms with E-state index in [0.717, 1.165) is 6.08 Å². The smallest absolute Gasteiger partial charge is 0.343 e. The maximum atomic E-state index is 12.0. The molecule has 0 heterocycles. The minimum absolute atomic E-state index is 0.326. The zero-order valence-corrected chi connectivity index (χ0v) is 12.7. The van der Waals surface area contributed by atoms with Crippen molar-refractivity contribution in [1.82, 2.24) is 0 Å². The van der Waals surface area contributed by atoms with E-state index < -0.39 is 11.9 Å². The van der Waals surface area contributed by atoms with E-state index in [2.05, 4.69) is 6.58 Å². The molecule has 0 bridgehead atoms. The first-order chi connectivity index (χ1) is 11.1. The number of rotatable bonds is 6. The molecule has 2 rings (SSSR count). The Kier molecular flexibility index (Phi) is 5.52. The Bertz CT molecular complexity index is 686. The van der Waals surface area contributed by atoms with E-state index in [9.17, 15) is 9.59 Å². The number of carbonyl (C=O) groups excluding carboxylic acids is 2. The van der Waals surface area contributed by atoms with Crippen molar-refractivity contribution in [3.63, 3.8) is 0 Å². The third-order valence-corrected chi connectivity index (χ3v) is 2.82. The highest BCUT2D eigenvalue weighted by Gasteiger charge is 2.09. The van der Waals surface area contributed by atoms with Crippen LogP contribution in [-0.2, 0) is 4.79 Å². The number of hydrogen-bond acceptors (Lipinski definition) is 5. The van der Waals surface area contributed by atoms with Gasteiger partial charge in [0.2, 0.25) is 0 Å². The van der Waals surface area contributed by atoms with Crippen LogP contribution in [0.1, 0.15) is 17.3 Å². The molecule has 118 valence electrons. The van der Waals surface area contributed by atoms with Crippen molar-refractivity contribution in [3.05, 3.63) is 66.7 Å². The Balaban J connectivity index is 1.99. The molecule has 5 nitrogen and oxygen atoms in total. The molecule has 0 atom stereocenters. The van der Waals surface area contributed by atoms with Gasteiger partial charge in [0.1, 0.15) is 17.2 Å². The highest BCUT2D eigenvalue weighted by Crippen LogP contribution is 2.19. The molecule has 0 radical (unpaired) electrons. The van der Waals surface area contributed by atoms with Gasteiger partial charge >= 0.3 is 11.9 Å². The van der Waals surface area contributed by atoms with Gasteiger partial charge in [0.25, 0.3) is 0 Å². The van der Waals surface area contributed by atoms with E-state index in [4.69, 9.17) is 14.2 Å². The second-order valence-corrected chi connectivity index (χ2v) is 4.44. The van der Waals surface area contributed by atoms with E-state index in [1.165, 1.54) is 24.3 Å². The highest BCUT2D eigenvalue weighted by atomic mass is 16.5. The van der Waals surface area contributed by atoms with Crippen molar-refractivity contribution in [3.8, 4) is 17.2 Å².